The minimum atomic E-state index is -4.61. The van der Waals surface area contributed by atoms with Crippen molar-refractivity contribution in [3.8, 4) is 0 Å². The Hall–Kier alpha value is 0.654. The van der Waals surface area contributed by atoms with Crippen molar-refractivity contribution < 1.29 is 39.5 Å². The minimum absolute atomic E-state index is 0. The molecule has 6 heavy (non-hydrogen) atoms. The smallest absolute Gasteiger partial charge is 1.00 e. The van der Waals surface area contributed by atoms with E-state index in [9.17, 15) is 0 Å². The molecule has 0 rings (SSSR count). The van der Waals surface area contributed by atoms with E-state index in [-0.39, 0.29) is 20.3 Å². The quantitative estimate of drug-likeness (QED) is 0.231. The van der Waals surface area contributed by atoms with Crippen LogP contribution in [0.2, 0.25) is 0 Å². The average Bonchev–Trinajstić information content (AvgIpc) is 0.722. The predicted octanol–water partition coefficient (Wildman–Crippen LogP) is -5.49. The molecule has 6 heteroatoms. The van der Waals surface area contributed by atoms with Gasteiger partial charge in [-0.05, 0) is 0 Å². The van der Waals surface area contributed by atoms with Gasteiger partial charge in [0.2, 0.25) is 0 Å². The number of rotatable bonds is 0. The van der Waals surface area contributed by atoms with Crippen molar-refractivity contribution in [2.75, 3.05) is 0 Å². The summed E-state index contributed by atoms with van der Waals surface area (Å²) >= 11 is 0. The van der Waals surface area contributed by atoms with Crippen LogP contribution in [0.4, 0.5) is 0 Å². The van der Waals surface area contributed by atoms with Gasteiger partial charge in [0.15, 0.2) is 0 Å². The molecular weight excluding hydrogens is 99.0 g/mol. The fourth-order valence-corrected chi connectivity index (χ4v) is 0. The zero-order valence-corrected chi connectivity index (χ0v) is 4.29. The van der Waals surface area contributed by atoms with E-state index in [1.165, 1.54) is 0 Å². The molecule has 0 spiro atoms. The van der Waals surface area contributed by atoms with Crippen molar-refractivity contribution >= 4 is 9.05 Å². The molecule has 0 aliphatic carbocycles. The minimum Gasteiger partial charge on any atom is -1.00 e. The molecule has 4 nitrogen and oxygen atoms in total. The van der Waals surface area contributed by atoms with Crippen molar-refractivity contribution in [2.45, 2.75) is 0 Å². The molecule has 0 aliphatic rings. The molecule has 0 atom stereocenters. The maximum atomic E-state index is 7.33. The van der Waals surface area contributed by atoms with Crippen LogP contribution in [-0.4, -0.2) is 28.2 Å². The van der Waals surface area contributed by atoms with Crippen molar-refractivity contribution in [3.63, 3.8) is 0 Å². The second-order valence-corrected chi connectivity index (χ2v) is 1.80. The Balaban J connectivity index is -0.0000000800. The van der Waals surface area contributed by atoms with E-state index >= 15 is 0 Å². The third kappa shape index (κ3) is 145. The topological polar surface area (TPSA) is 80.9 Å². The van der Waals surface area contributed by atoms with E-state index in [1.54, 1.807) is 0 Å². The first-order valence-corrected chi connectivity index (χ1v) is 2.68. The van der Waals surface area contributed by atoms with Gasteiger partial charge >= 0.3 is 27.9 Å². The van der Waals surface area contributed by atoms with E-state index in [0.717, 1.165) is 0 Å². The van der Waals surface area contributed by atoms with E-state index in [0.29, 0.717) is 0 Å². The third-order valence-electron chi connectivity index (χ3n) is 0. The van der Waals surface area contributed by atoms with Gasteiger partial charge in [-0.25, -0.2) is 0 Å². The molecule has 0 saturated heterocycles. The third-order valence-corrected chi connectivity index (χ3v) is 0. The van der Waals surface area contributed by atoms with Crippen molar-refractivity contribution in [3.05, 3.63) is 0 Å². The number of hydrogen-bond acceptors (Lipinski definition) is 4. The van der Waals surface area contributed by atoms with Crippen molar-refractivity contribution in [2.24, 2.45) is 0 Å². The van der Waals surface area contributed by atoms with Gasteiger partial charge in [-0.1, -0.05) is 0 Å². The van der Waals surface area contributed by atoms with Gasteiger partial charge in [-0.3, -0.25) is 0 Å². The van der Waals surface area contributed by atoms with Crippen LogP contribution >= 0.6 is 0 Å². The molecule has 0 fully saturated rings. The molecule has 34 valence electrons. The Bertz CT molecular complexity index is 27.2. The van der Waals surface area contributed by atoms with Crippen molar-refractivity contribution in [1.82, 2.24) is 0 Å². The first-order valence-electron chi connectivity index (χ1n) is 0.894. The number of hydrogen-bond donors (Lipinski definition) is 4. The zero-order valence-electron chi connectivity index (χ0n) is 4.29. The maximum absolute atomic E-state index is 7.33. The van der Waals surface area contributed by atoms with Crippen LogP contribution in [0, 0.1) is 0 Å². The van der Waals surface area contributed by atoms with Gasteiger partial charge in [-0.15, -0.1) is 0 Å². The summed E-state index contributed by atoms with van der Waals surface area (Å²) in [5.41, 5.74) is 0. The molecular formula is H5LiO4Si. The van der Waals surface area contributed by atoms with Crippen LogP contribution in [-0.2, 0) is 0 Å². The molecule has 0 heterocycles. The standard InChI is InChI=1S/Li.H4O4Si.H/c;1-5(2,3)4;/h;1-4H;/q+1;;-1. The van der Waals surface area contributed by atoms with Gasteiger partial charge in [0.05, 0.1) is 0 Å². The molecule has 0 bridgehead atoms. The van der Waals surface area contributed by atoms with E-state index in [2.05, 4.69) is 0 Å². The predicted molar refractivity (Wildman–Crippen MR) is 15.7 cm³/mol. The normalized spacial score (nSPS) is 10.0. The maximum Gasteiger partial charge on any atom is 1.00 e. The largest absolute Gasteiger partial charge is 1.00 e. The Morgan fingerprint density at radius 2 is 1.00 bits per heavy atom. The molecule has 0 radical (unpaired) electrons. The first kappa shape index (κ1) is 9.82. The average molecular weight is 104 g/mol. The fraction of sp³-hybridized carbons (Fsp3) is 0. The van der Waals surface area contributed by atoms with E-state index < -0.39 is 9.05 Å². The molecule has 0 aliphatic heterocycles. The Kier molecular flexibility index (Phi) is 4.53. The van der Waals surface area contributed by atoms with Crippen molar-refractivity contribution in [1.29, 1.82) is 0 Å². The summed E-state index contributed by atoms with van der Waals surface area (Å²) in [5, 5.41) is 0. The second kappa shape index (κ2) is 2.77. The molecule has 4 N–H and O–H groups in total. The summed E-state index contributed by atoms with van der Waals surface area (Å²) in [6.45, 7) is 0. The van der Waals surface area contributed by atoms with Gasteiger partial charge < -0.3 is 20.6 Å². The summed E-state index contributed by atoms with van der Waals surface area (Å²) in [6.07, 6.45) is 0. The van der Waals surface area contributed by atoms with Gasteiger partial charge in [0, 0.05) is 0 Å². The SMILES string of the molecule is O[Si](O)(O)O.[H-].[Li+]. The Morgan fingerprint density at radius 3 is 1.00 bits per heavy atom. The Labute approximate surface area is 49.2 Å². The molecule has 0 aromatic heterocycles. The zero-order chi connectivity index (χ0) is 4.50. The fourth-order valence-electron chi connectivity index (χ4n) is 0. The monoisotopic (exact) mass is 104 g/mol. The van der Waals surface area contributed by atoms with Gasteiger partial charge in [-0.2, -0.15) is 0 Å². The van der Waals surface area contributed by atoms with Crippen LogP contribution in [0.15, 0.2) is 0 Å². The van der Waals surface area contributed by atoms with E-state index in [1.807, 2.05) is 0 Å². The summed E-state index contributed by atoms with van der Waals surface area (Å²) in [4.78, 5) is 29.3. The molecule has 0 aromatic rings. The van der Waals surface area contributed by atoms with Crippen LogP contribution in [0.3, 0.4) is 0 Å². The van der Waals surface area contributed by atoms with Crippen LogP contribution < -0.4 is 18.9 Å². The van der Waals surface area contributed by atoms with E-state index in [4.69, 9.17) is 19.2 Å². The molecule has 0 saturated carbocycles. The summed E-state index contributed by atoms with van der Waals surface area (Å²) in [6, 6.07) is 0. The second-order valence-electron chi connectivity index (χ2n) is 0.600. The summed E-state index contributed by atoms with van der Waals surface area (Å²) in [7, 11) is -4.61. The van der Waals surface area contributed by atoms with Gasteiger partial charge in [0.25, 0.3) is 0 Å². The van der Waals surface area contributed by atoms with Gasteiger partial charge in [0.1, 0.15) is 0 Å². The molecule has 0 unspecified atom stereocenters. The van der Waals surface area contributed by atoms with Crippen LogP contribution in [0.1, 0.15) is 1.43 Å². The summed E-state index contributed by atoms with van der Waals surface area (Å²) < 4.78 is 0. The molecule has 0 amide bonds. The summed E-state index contributed by atoms with van der Waals surface area (Å²) in [5.74, 6) is 0. The van der Waals surface area contributed by atoms with Crippen LogP contribution in [0.5, 0.6) is 0 Å². The Morgan fingerprint density at radius 1 is 1.00 bits per heavy atom. The molecule has 0 aromatic carbocycles. The van der Waals surface area contributed by atoms with Crippen LogP contribution in [0.25, 0.3) is 0 Å². The first-order chi connectivity index (χ1) is 2.00.